The van der Waals surface area contributed by atoms with Crippen LogP contribution >= 0.6 is 0 Å². The maximum Gasteiger partial charge on any atom is 0.159 e. The van der Waals surface area contributed by atoms with E-state index in [1.807, 2.05) is 6.07 Å². The van der Waals surface area contributed by atoms with E-state index in [9.17, 15) is 0 Å². The molecular weight excluding hydrogens is 835 g/mol. The van der Waals surface area contributed by atoms with Crippen molar-refractivity contribution < 1.29 is 0 Å². The molecule has 3 heteroatoms. The van der Waals surface area contributed by atoms with Crippen molar-refractivity contribution in [2.45, 2.75) is 11.6 Å². The third-order valence-electron chi connectivity index (χ3n) is 14.3. The van der Waals surface area contributed by atoms with Crippen LogP contribution in [-0.4, -0.2) is 11.7 Å². The summed E-state index contributed by atoms with van der Waals surface area (Å²) in [6.45, 7) is 0. The van der Waals surface area contributed by atoms with Crippen LogP contribution in [0.4, 0.5) is 0 Å². The first-order valence-corrected chi connectivity index (χ1v) is 23.8. The third-order valence-corrected chi connectivity index (χ3v) is 14.3. The minimum Gasteiger partial charge on any atom is -0.344 e. The lowest BCUT2D eigenvalue weighted by atomic mass is 9.67. The lowest BCUT2D eigenvalue weighted by Gasteiger charge is -2.34. The van der Waals surface area contributed by atoms with E-state index in [0.717, 1.165) is 44.8 Å². The summed E-state index contributed by atoms with van der Waals surface area (Å²) < 4.78 is 0. The van der Waals surface area contributed by atoms with Crippen LogP contribution in [0.1, 0.15) is 45.1 Å². The molecule has 1 heterocycles. The van der Waals surface area contributed by atoms with Gasteiger partial charge in [0.25, 0.3) is 0 Å². The third kappa shape index (κ3) is 6.73. The monoisotopic (exact) mass is 879 g/mol. The van der Waals surface area contributed by atoms with Crippen molar-refractivity contribution in [3.05, 3.63) is 300 Å². The molecule has 0 spiro atoms. The molecule has 13 rings (SSSR count). The molecule has 0 bridgehead atoms. The van der Waals surface area contributed by atoms with Gasteiger partial charge < -0.3 is 5.32 Å². The zero-order valence-corrected chi connectivity index (χ0v) is 37.8. The Morgan fingerprint density at radius 1 is 0.333 bits per heavy atom. The van der Waals surface area contributed by atoms with E-state index >= 15 is 0 Å². The lowest BCUT2D eigenvalue weighted by Crippen LogP contribution is -2.33. The summed E-state index contributed by atoms with van der Waals surface area (Å²) in [5, 5.41) is 8.64. The first-order chi connectivity index (χ1) is 34.2. The summed E-state index contributed by atoms with van der Waals surface area (Å²) in [7, 11) is 0. The molecule has 0 saturated carbocycles. The van der Waals surface area contributed by atoms with Crippen LogP contribution < -0.4 is 5.32 Å². The quantitative estimate of drug-likeness (QED) is 0.162. The van der Waals surface area contributed by atoms with Gasteiger partial charge in [-0.1, -0.05) is 261 Å². The second-order valence-electron chi connectivity index (χ2n) is 18.0. The van der Waals surface area contributed by atoms with E-state index in [1.165, 1.54) is 66.1 Å². The highest BCUT2D eigenvalue weighted by Gasteiger charge is 2.46. The molecule has 0 radical (unpaired) electrons. The van der Waals surface area contributed by atoms with E-state index in [0.29, 0.717) is 5.84 Å². The van der Waals surface area contributed by atoms with Gasteiger partial charge in [-0.3, -0.25) is 0 Å². The smallest absolute Gasteiger partial charge is 0.159 e. The molecule has 1 aliphatic heterocycles. The summed E-state index contributed by atoms with van der Waals surface area (Å²) in [6, 6.07) is 94.5. The zero-order valence-electron chi connectivity index (χ0n) is 37.8. The molecule has 1 aliphatic carbocycles. The fourth-order valence-corrected chi connectivity index (χ4v) is 11.1. The van der Waals surface area contributed by atoms with Crippen molar-refractivity contribution in [1.29, 1.82) is 0 Å². The van der Waals surface area contributed by atoms with Crippen molar-refractivity contribution in [2.75, 3.05) is 0 Å². The molecule has 0 fully saturated rings. The number of rotatable bonds is 8. The predicted octanol–water partition coefficient (Wildman–Crippen LogP) is 15.9. The Hall–Kier alpha value is -8.92. The van der Waals surface area contributed by atoms with Crippen LogP contribution in [0.5, 0.6) is 0 Å². The topological polar surface area (TPSA) is 36.8 Å². The molecule has 0 saturated heterocycles. The van der Waals surface area contributed by atoms with Gasteiger partial charge in [-0.15, -0.1) is 0 Å². The van der Waals surface area contributed by atoms with Gasteiger partial charge in [0.1, 0.15) is 12.0 Å². The standard InChI is InChI=1S/C66H45N3/c1-4-18-44(19-5-1)53-26-14-15-29-57(53)65-68-63(49-22-6-2-7-23-49)67-64(69-65)50-34-32-48(33-35-50)61-54-27-12-10-20-45(54)38-42-56(61)47-36-40-52(41-37-47)66(51-24-8-3-9-25-51)59-31-17-16-30-58(59)62-55-28-13-11-21-46(55)39-43-60(62)66/h1-43,63H,(H,67,68,69). The number of fused-ring (bicyclic) bond motifs is 6. The molecule has 2 aliphatic rings. The zero-order chi connectivity index (χ0) is 45.7. The van der Waals surface area contributed by atoms with Gasteiger partial charge in [0, 0.05) is 11.1 Å². The van der Waals surface area contributed by atoms with Crippen molar-refractivity contribution in [2.24, 2.45) is 9.98 Å². The molecule has 11 aromatic carbocycles. The van der Waals surface area contributed by atoms with Crippen molar-refractivity contribution in [1.82, 2.24) is 5.32 Å². The average molecular weight is 880 g/mol. The van der Waals surface area contributed by atoms with E-state index in [4.69, 9.17) is 9.98 Å². The Kier molecular flexibility index (Phi) is 9.80. The van der Waals surface area contributed by atoms with Gasteiger partial charge in [-0.05, 0) is 93.9 Å². The van der Waals surface area contributed by atoms with Gasteiger partial charge in [-0.25, -0.2) is 9.98 Å². The van der Waals surface area contributed by atoms with E-state index in [2.05, 4.69) is 260 Å². The van der Waals surface area contributed by atoms with Gasteiger partial charge in [0.2, 0.25) is 0 Å². The van der Waals surface area contributed by atoms with Crippen LogP contribution in [0.25, 0.3) is 66.1 Å². The summed E-state index contributed by atoms with van der Waals surface area (Å²) in [4.78, 5) is 10.5. The van der Waals surface area contributed by atoms with E-state index in [1.54, 1.807) is 0 Å². The minimum absolute atomic E-state index is 0.309. The fourth-order valence-electron chi connectivity index (χ4n) is 11.1. The van der Waals surface area contributed by atoms with Crippen LogP contribution in [-0.2, 0) is 5.41 Å². The first-order valence-electron chi connectivity index (χ1n) is 23.8. The molecule has 324 valence electrons. The number of amidine groups is 2. The first kappa shape index (κ1) is 40.4. The number of hydrogen-bond donors (Lipinski definition) is 1. The molecular formula is C66H45N3. The van der Waals surface area contributed by atoms with Crippen LogP contribution in [0.2, 0.25) is 0 Å². The number of aliphatic imine (C=N–C) groups is 2. The van der Waals surface area contributed by atoms with E-state index in [-0.39, 0.29) is 6.17 Å². The summed E-state index contributed by atoms with van der Waals surface area (Å²) >= 11 is 0. The second kappa shape index (κ2) is 16.7. The number of hydrogen-bond acceptors (Lipinski definition) is 3. The molecule has 1 N–H and O–H groups in total. The van der Waals surface area contributed by atoms with Crippen molar-refractivity contribution in [3.63, 3.8) is 0 Å². The molecule has 2 unspecified atom stereocenters. The van der Waals surface area contributed by atoms with Gasteiger partial charge in [0.05, 0.1) is 5.41 Å². The van der Waals surface area contributed by atoms with Gasteiger partial charge in [0.15, 0.2) is 5.84 Å². The SMILES string of the molecule is c1ccc(-c2ccccc2C2=NC(c3ccc(-c4c(-c5ccc(C6(c7ccccc7)c7ccccc7-c7c6ccc6ccccc76)cc5)ccc5ccccc45)cc3)=NC(c3ccccc3)N2)cc1. The maximum atomic E-state index is 5.27. The number of nitrogens with zero attached hydrogens (tertiary/aromatic N) is 2. The summed E-state index contributed by atoms with van der Waals surface area (Å²) in [5.74, 6) is 1.49. The molecule has 69 heavy (non-hydrogen) atoms. The molecule has 11 aromatic rings. The van der Waals surface area contributed by atoms with E-state index < -0.39 is 5.41 Å². The number of benzene rings is 11. The van der Waals surface area contributed by atoms with Gasteiger partial charge >= 0.3 is 0 Å². The fraction of sp³-hybridized carbons (Fsp3) is 0.0303. The highest BCUT2D eigenvalue weighted by Crippen LogP contribution is 2.58. The molecule has 3 nitrogen and oxygen atoms in total. The number of nitrogens with one attached hydrogen (secondary N) is 1. The highest BCUT2D eigenvalue weighted by molar-refractivity contribution is 6.15. The van der Waals surface area contributed by atoms with Crippen LogP contribution in [0.15, 0.2) is 271 Å². The van der Waals surface area contributed by atoms with Crippen LogP contribution in [0.3, 0.4) is 0 Å². The Morgan fingerprint density at radius 2 is 0.855 bits per heavy atom. The Balaban J connectivity index is 0.925. The predicted molar refractivity (Wildman–Crippen MR) is 287 cm³/mol. The summed E-state index contributed by atoms with van der Waals surface area (Å²) in [6.07, 6.45) is -0.309. The summed E-state index contributed by atoms with van der Waals surface area (Å²) in [5.41, 5.74) is 17.2. The van der Waals surface area contributed by atoms with Crippen LogP contribution in [0, 0.1) is 0 Å². The normalized spacial score (nSPS) is 16.0. The maximum absolute atomic E-state index is 5.27. The highest BCUT2D eigenvalue weighted by atomic mass is 15.2. The second-order valence-corrected chi connectivity index (χ2v) is 18.0. The minimum atomic E-state index is -0.499. The Morgan fingerprint density at radius 3 is 1.58 bits per heavy atom. The van der Waals surface area contributed by atoms with Gasteiger partial charge in [-0.2, -0.15) is 0 Å². The largest absolute Gasteiger partial charge is 0.344 e. The lowest BCUT2D eigenvalue weighted by molar-refractivity contribution is 0.674. The molecule has 0 amide bonds. The van der Waals surface area contributed by atoms with Crippen molar-refractivity contribution in [3.8, 4) is 44.5 Å². The molecule has 0 aromatic heterocycles. The Labute approximate surface area is 402 Å². The molecule has 2 atom stereocenters. The Bertz CT molecular complexity index is 3780. The average Bonchev–Trinajstić information content (AvgIpc) is 3.75. The van der Waals surface area contributed by atoms with Crippen molar-refractivity contribution >= 4 is 33.2 Å².